The largest absolute Gasteiger partial charge is 0.382 e. The van der Waals surface area contributed by atoms with Crippen LogP contribution in [0.4, 0.5) is 0 Å². The molecular formula is C10H19N3O. The first-order chi connectivity index (χ1) is 6.56. The van der Waals surface area contributed by atoms with Crippen LogP contribution in [0.2, 0.25) is 0 Å². The first-order valence-electron chi connectivity index (χ1n) is 5.03. The molecule has 0 spiro atoms. The normalized spacial score (nSPS) is 12.0. The maximum atomic E-state index is 5.34. The molecular weight excluding hydrogens is 178 g/mol. The van der Waals surface area contributed by atoms with Crippen LogP contribution in [-0.4, -0.2) is 28.2 Å². The molecule has 4 heteroatoms. The van der Waals surface area contributed by atoms with Gasteiger partial charge in [0.1, 0.15) is 0 Å². The SMILES string of the molecule is CCOCCC(C)(C)n1cc(C)nn1. The lowest BCUT2D eigenvalue weighted by Crippen LogP contribution is -2.28. The van der Waals surface area contributed by atoms with E-state index < -0.39 is 0 Å². The minimum Gasteiger partial charge on any atom is -0.382 e. The van der Waals surface area contributed by atoms with Crippen LogP contribution in [0.25, 0.3) is 0 Å². The number of ether oxygens (including phenoxy) is 1. The summed E-state index contributed by atoms with van der Waals surface area (Å²) in [5.74, 6) is 0. The lowest BCUT2D eigenvalue weighted by Gasteiger charge is -2.24. The molecule has 0 aliphatic carbocycles. The molecule has 0 saturated carbocycles. The molecule has 80 valence electrons. The zero-order valence-electron chi connectivity index (χ0n) is 9.45. The van der Waals surface area contributed by atoms with Gasteiger partial charge in [-0.1, -0.05) is 5.21 Å². The summed E-state index contributed by atoms with van der Waals surface area (Å²) >= 11 is 0. The summed E-state index contributed by atoms with van der Waals surface area (Å²) in [5.41, 5.74) is 0.936. The monoisotopic (exact) mass is 197 g/mol. The van der Waals surface area contributed by atoms with Crippen LogP contribution in [0, 0.1) is 6.92 Å². The van der Waals surface area contributed by atoms with Crippen molar-refractivity contribution in [1.82, 2.24) is 15.0 Å². The molecule has 4 nitrogen and oxygen atoms in total. The molecule has 0 aliphatic rings. The van der Waals surface area contributed by atoms with Gasteiger partial charge in [-0.25, -0.2) is 4.68 Å². The van der Waals surface area contributed by atoms with Crippen LogP contribution in [0.1, 0.15) is 32.9 Å². The van der Waals surface area contributed by atoms with E-state index in [1.165, 1.54) is 0 Å². The first-order valence-corrected chi connectivity index (χ1v) is 5.03. The van der Waals surface area contributed by atoms with Crippen molar-refractivity contribution in [2.75, 3.05) is 13.2 Å². The zero-order chi connectivity index (χ0) is 10.6. The fourth-order valence-corrected chi connectivity index (χ4v) is 1.22. The molecule has 0 fully saturated rings. The molecule has 1 aromatic rings. The molecule has 1 aromatic heterocycles. The Labute approximate surface area is 85.3 Å². The van der Waals surface area contributed by atoms with Gasteiger partial charge in [-0.15, -0.1) is 5.10 Å². The minimum atomic E-state index is -0.0174. The highest BCUT2D eigenvalue weighted by molar-refractivity contribution is 4.91. The minimum absolute atomic E-state index is 0.0174. The predicted molar refractivity (Wildman–Crippen MR) is 55.2 cm³/mol. The molecule has 14 heavy (non-hydrogen) atoms. The number of hydrogen-bond acceptors (Lipinski definition) is 3. The average Bonchev–Trinajstić information content (AvgIpc) is 2.53. The summed E-state index contributed by atoms with van der Waals surface area (Å²) in [6.07, 6.45) is 2.91. The average molecular weight is 197 g/mol. The van der Waals surface area contributed by atoms with E-state index in [9.17, 15) is 0 Å². The van der Waals surface area contributed by atoms with E-state index in [4.69, 9.17) is 4.74 Å². The van der Waals surface area contributed by atoms with Crippen molar-refractivity contribution in [1.29, 1.82) is 0 Å². The number of aryl methyl sites for hydroxylation is 1. The molecule has 0 N–H and O–H groups in total. The third-order valence-electron chi connectivity index (χ3n) is 2.29. The van der Waals surface area contributed by atoms with Crippen molar-refractivity contribution in [2.24, 2.45) is 0 Å². The second kappa shape index (κ2) is 4.55. The van der Waals surface area contributed by atoms with E-state index in [0.29, 0.717) is 0 Å². The molecule has 0 saturated heterocycles. The topological polar surface area (TPSA) is 39.9 Å². The van der Waals surface area contributed by atoms with Gasteiger partial charge in [0.2, 0.25) is 0 Å². The smallest absolute Gasteiger partial charge is 0.0796 e. The van der Waals surface area contributed by atoms with Crippen LogP contribution >= 0.6 is 0 Å². The van der Waals surface area contributed by atoms with Gasteiger partial charge >= 0.3 is 0 Å². The van der Waals surface area contributed by atoms with Crippen molar-refractivity contribution in [3.05, 3.63) is 11.9 Å². The summed E-state index contributed by atoms with van der Waals surface area (Å²) in [4.78, 5) is 0. The van der Waals surface area contributed by atoms with Crippen molar-refractivity contribution >= 4 is 0 Å². The standard InChI is InChI=1S/C10H19N3O/c1-5-14-7-6-10(3,4)13-8-9(2)11-12-13/h8H,5-7H2,1-4H3. The molecule has 0 amide bonds. The van der Waals surface area contributed by atoms with Gasteiger partial charge in [-0.2, -0.15) is 0 Å². The first kappa shape index (κ1) is 11.2. The van der Waals surface area contributed by atoms with Crippen LogP contribution < -0.4 is 0 Å². The molecule has 0 radical (unpaired) electrons. The third-order valence-corrected chi connectivity index (χ3v) is 2.29. The molecule has 0 aliphatic heterocycles. The van der Waals surface area contributed by atoms with Gasteiger partial charge in [-0.3, -0.25) is 0 Å². The lowest BCUT2D eigenvalue weighted by atomic mass is 10.0. The Kier molecular flexibility index (Phi) is 3.63. The van der Waals surface area contributed by atoms with Crippen LogP contribution in [0.15, 0.2) is 6.20 Å². The number of aromatic nitrogens is 3. The van der Waals surface area contributed by atoms with Gasteiger partial charge in [0, 0.05) is 19.4 Å². The molecule has 0 unspecified atom stereocenters. The predicted octanol–water partition coefficient (Wildman–Crippen LogP) is 1.75. The zero-order valence-corrected chi connectivity index (χ0v) is 9.45. The number of nitrogens with zero attached hydrogens (tertiary/aromatic N) is 3. The fourth-order valence-electron chi connectivity index (χ4n) is 1.22. The summed E-state index contributed by atoms with van der Waals surface area (Å²) in [6.45, 7) is 9.77. The van der Waals surface area contributed by atoms with Crippen LogP contribution in [0.5, 0.6) is 0 Å². The van der Waals surface area contributed by atoms with Crippen molar-refractivity contribution in [3.63, 3.8) is 0 Å². The summed E-state index contributed by atoms with van der Waals surface area (Å²) < 4.78 is 7.24. The van der Waals surface area contributed by atoms with E-state index in [1.54, 1.807) is 0 Å². The Morgan fingerprint density at radius 2 is 2.21 bits per heavy atom. The highest BCUT2D eigenvalue weighted by Gasteiger charge is 2.20. The Bertz CT molecular complexity index is 281. The maximum Gasteiger partial charge on any atom is 0.0796 e. The second-order valence-electron chi connectivity index (χ2n) is 4.06. The molecule has 0 bridgehead atoms. The number of hydrogen-bond donors (Lipinski definition) is 0. The van der Waals surface area contributed by atoms with E-state index in [1.807, 2.05) is 24.7 Å². The van der Waals surface area contributed by atoms with Crippen molar-refractivity contribution < 1.29 is 4.74 Å². The van der Waals surface area contributed by atoms with Gasteiger partial charge in [0.25, 0.3) is 0 Å². The maximum absolute atomic E-state index is 5.34. The highest BCUT2D eigenvalue weighted by atomic mass is 16.5. The van der Waals surface area contributed by atoms with Crippen molar-refractivity contribution in [2.45, 2.75) is 39.7 Å². The van der Waals surface area contributed by atoms with E-state index >= 15 is 0 Å². The van der Waals surface area contributed by atoms with E-state index in [2.05, 4.69) is 24.2 Å². The summed E-state index contributed by atoms with van der Waals surface area (Å²) in [6, 6.07) is 0. The highest BCUT2D eigenvalue weighted by Crippen LogP contribution is 2.18. The van der Waals surface area contributed by atoms with Gasteiger partial charge in [0.15, 0.2) is 0 Å². The second-order valence-corrected chi connectivity index (χ2v) is 4.06. The van der Waals surface area contributed by atoms with Gasteiger partial charge in [-0.05, 0) is 34.1 Å². The third kappa shape index (κ3) is 2.80. The number of rotatable bonds is 5. The summed E-state index contributed by atoms with van der Waals surface area (Å²) in [7, 11) is 0. The van der Waals surface area contributed by atoms with Gasteiger partial charge < -0.3 is 4.74 Å². The quantitative estimate of drug-likeness (QED) is 0.675. The van der Waals surface area contributed by atoms with Crippen LogP contribution in [0.3, 0.4) is 0 Å². The van der Waals surface area contributed by atoms with Crippen molar-refractivity contribution in [3.8, 4) is 0 Å². The fraction of sp³-hybridized carbons (Fsp3) is 0.800. The molecule has 1 heterocycles. The molecule has 0 atom stereocenters. The Balaban J connectivity index is 2.56. The molecule has 1 rings (SSSR count). The van der Waals surface area contributed by atoms with E-state index in [-0.39, 0.29) is 5.54 Å². The van der Waals surface area contributed by atoms with Crippen LogP contribution in [-0.2, 0) is 10.3 Å². The van der Waals surface area contributed by atoms with Gasteiger partial charge in [0.05, 0.1) is 11.2 Å². The Morgan fingerprint density at radius 3 is 2.71 bits per heavy atom. The Morgan fingerprint density at radius 1 is 1.50 bits per heavy atom. The Hall–Kier alpha value is -0.900. The lowest BCUT2D eigenvalue weighted by molar-refractivity contribution is 0.112. The summed E-state index contributed by atoms with van der Waals surface area (Å²) in [5, 5.41) is 8.06. The molecule has 0 aromatic carbocycles. The van der Waals surface area contributed by atoms with E-state index in [0.717, 1.165) is 25.3 Å².